The van der Waals surface area contributed by atoms with Crippen LogP contribution in [0.3, 0.4) is 0 Å². The number of aryl methyl sites for hydroxylation is 1. The second-order valence-electron chi connectivity index (χ2n) is 6.61. The van der Waals surface area contributed by atoms with Crippen LogP contribution in [0.5, 0.6) is 0 Å². The minimum atomic E-state index is -1.13. The summed E-state index contributed by atoms with van der Waals surface area (Å²) in [6, 6.07) is 0. The van der Waals surface area contributed by atoms with Crippen LogP contribution in [0.25, 0.3) is 0 Å². The lowest BCUT2D eigenvalue weighted by Gasteiger charge is -2.41. The molecule has 1 aromatic heterocycles. The van der Waals surface area contributed by atoms with Crippen LogP contribution >= 0.6 is 11.3 Å². The first-order chi connectivity index (χ1) is 11.9. The Morgan fingerprint density at radius 1 is 1.28 bits per heavy atom. The van der Waals surface area contributed by atoms with E-state index in [2.05, 4.69) is 34.6 Å². The average Bonchev–Trinajstić information content (AvgIpc) is 2.99. The van der Waals surface area contributed by atoms with Crippen molar-refractivity contribution in [1.29, 1.82) is 0 Å². The van der Waals surface area contributed by atoms with E-state index < -0.39 is 23.4 Å². The zero-order valence-corrected chi connectivity index (χ0v) is 15.4. The predicted octanol–water partition coefficient (Wildman–Crippen LogP) is 2.65. The number of carbonyl (C=O) groups is 2. The molecule has 0 radical (unpaired) electrons. The Labute approximate surface area is 150 Å². The van der Waals surface area contributed by atoms with E-state index in [1.807, 2.05) is 0 Å². The molecule has 1 aliphatic heterocycles. The van der Waals surface area contributed by atoms with Crippen LogP contribution < -0.4 is 5.43 Å². The second-order valence-corrected chi connectivity index (χ2v) is 7.79. The molecular formula is C16H22N4O4S. The average molecular weight is 366 g/mol. The maximum absolute atomic E-state index is 12.2. The number of esters is 2. The summed E-state index contributed by atoms with van der Waals surface area (Å²) in [7, 11) is 0. The van der Waals surface area contributed by atoms with Crippen LogP contribution in [0.2, 0.25) is 0 Å². The smallest absolute Gasteiger partial charge is 0.369 e. The SMILES string of the molecule is CCC(C)C1CCC2(CC1)OC(=O)C(=NNc1nnc(C)s1)C(=O)O2. The van der Waals surface area contributed by atoms with E-state index in [9.17, 15) is 9.59 Å². The van der Waals surface area contributed by atoms with Gasteiger partial charge in [-0.3, -0.25) is 5.43 Å². The molecule has 3 rings (SSSR count). The highest BCUT2D eigenvalue weighted by molar-refractivity contribution is 7.15. The van der Waals surface area contributed by atoms with Crippen LogP contribution in [0.1, 0.15) is 51.0 Å². The van der Waals surface area contributed by atoms with Crippen molar-refractivity contribution in [1.82, 2.24) is 10.2 Å². The van der Waals surface area contributed by atoms with E-state index >= 15 is 0 Å². The molecule has 0 amide bonds. The maximum atomic E-state index is 12.2. The third kappa shape index (κ3) is 3.81. The number of nitrogens with one attached hydrogen (secondary N) is 1. The van der Waals surface area contributed by atoms with Crippen LogP contribution in [0, 0.1) is 18.8 Å². The van der Waals surface area contributed by atoms with Crippen molar-refractivity contribution in [3.05, 3.63) is 5.01 Å². The Morgan fingerprint density at radius 3 is 2.44 bits per heavy atom. The minimum absolute atomic E-state index is 0.389. The molecule has 1 saturated heterocycles. The predicted molar refractivity (Wildman–Crippen MR) is 92.0 cm³/mol. The molecule has 2 aliphatic rings. The van der Waals surface area contributed by atoms with Gasteiger partial charge >= 0.3 is 11.9 Å². The molecule has 1 N–H and O–H groups in total. The fourth-order valence-electron chi connectivity index (χ4n) is 3.26. The number of aromatic nitrogens is 2. The van der Waals surface area contributed by atoms with Gasteiger partial charge in [-0.2, -0.15) is 5.10 Å². The van der Waals surface area contributed by atoms with Crippen molar-refractivity contribution in [3.63, 3.8) is 0 Å². The summed E-state index contributed by atoms with van der Waals surface area (Å²) in [4.78, 5) is 24.5. The van der Waals surface area contributed by atoms with Gasteiger partial charge in [-0.25, -0.2) is 9.59 Å². The Kier molecular flexibility index (Phi) is 5.03. The van der Waals surface area contributed by atoms with Gasteiger partial charge in [0.15, 0.2) is 0 Å². The third-order valence-electron chi connectivity index (χ3n) is 4.97. The standard InChI is InChI=1S/C16H22N4O4S/c1-4-9(2)11-5-7-16(8-6-11)23-13(21)12(14(22)24-16)18-20-15-19-17-10(3)25-15/h9,11H,4-8H2,1-3H3,(H,19,20). The van der Waals surface area contributed by atoms with Gasteiger partial charge in [0.05, 0.1) is 0 Å². The highest BCUT2D eigenvalue weighted by atomic mass is 32.1. The number of carbonyl (C=O) groups excluding carboxylic acids is 2. The summed E-state index contributed by atoms with van der Waals surface area (Å²) in [5.41, 5.74) is 2.15. The summed E-state index contributed by atoms with van der Waals surface area (Å²) in [5, 5.41) is 12.6. The van der Waals surface area contributed by atoms with Crippen LogP contribution in [-0.2, 0) is 19.1 Å². The molecule has 1 aliphatic carbocycles. The number of rotatable bonds is 4. The van der Waals surface area contributed by atoms with Crippen LogP contribution in [-0.4, -0.2) is 33.6 Å². The zero-order chi connectivity index (χ0) is 18.0. The van der Waals surface area contributed by atoms with Crippen molar-refractivity contribution in [3.8, 4) is 0 Å². The number of hydrogen-bond acceptors (Lipinski definition) is 9. The van der Waals surface area contributed by atoms with Gasteiger partial charge in [-0.1, -0.05) is 31.6 Å². The first kappa shape index (κ1) is 17.8. The molecule has 0 bridgehead atoms. The first-order valence-electron chi connectivity index (χ1n) is 8.53. The molecule has 0 aromatic carbocycles. The largest absolute Gasteiger partial charge is 0.417 e. The molecular weight excluding hydrogens is 344 g/mol. The monoisotopic (exact) mass is 366 g/mol. The van der Waals surface area contributed by atoms with Crippen molar-refractivity contribution in [2.75, 3.05) is 5.43 Å². The van der Waals surface area contributed by atoms with Crippen molar-refractivity contribution in [2.45, 2.75) is 58.7 Å². The van der Waals surface area contributed by atoms with E-state index in [0.717, 1.165) is 24.3 Å². The molecule has 2 heterocycles. The van der Waals surface area contributed by atoms with E-state index in [1.165, 1.54) is 11.3 Å². The lowest BCUT2D eigenvalue weighted by Crippen LogP contribution is -2.52. The van der Waals surface area contributed by atoms with Gasteiger partial charge in [0.1, 0.15) is 5.01 Å². The molecule has 25 heavy (non-hydrogen) atoms. The highest BCUT2D eigenvalue weighted by Gasteiger charge is 2.49. The van der Waals surface area contributed by atoms with Gasteiger partial charge in [-0.15, -0.1) is 10.2 Å². The van der Waals surface area contributed by atoms with Crippen molar-refractivity contribution >= 4 is 34.1 Å². The van der Waals surface area contributed by atoms with E-state index in [0.29, 0.717) is 29.8 Å². The molecule has 1 spiro atoms. The molecule has 1 atom stereocenters. The molecule has 1 aromatic rings. The minimum Gasteiger partial charge on any atom is -0.417 e. The summed E-state index contributed by atoms with van der Waals surface area (Å²) >= 11 is 1.26. The second kappa shape index (κ2) is 7.07. The lowest BCUT2D eigenvalue weighted by atomic mass is 9.77. The van der Waals surface area contributed by atoms with Crippen molar-refractivity contribution < 1.29 is 19.1 Å². The molecule has 1 saturated carbocycles. The van der Waals surface area contributed by atoms with Crippen molar-refractivity contribution in [2.24, 2.45) is 16.9 Å². The maximum Gasteiger partial charge on any atom is 0.369 e. The van der Waals surface area contributed by atoms with Gasteiger partial charge < -0.3 is 9.47 Å². The van der Waals surface area contributed by atoms with Gasteiger partial charge in [0, 0.05) is 12.8 Å². The first-order valence-corrected chi connectivity index (χ1v) is 9.34. The Bertz CT molecular complexity index is 672. The fraction of sp³-hybridized carbons (Fsp3) is 0.688. The highest BCUT2D eigenvalue weighted by Crippen LogP contribution is 2.41. The summed E-state index contributed by atoms with van der Waals surface area (Å²) < 4.78 is 10.9. The van der Waals surface area contributed by atoms with Gasteiger partial charge in [0.25, 0.3) is 11.5 Å². The normalized spacial score (nSPS) is 27.6. The molecule has 8 nitrogen and oxygen atoms in total. The Balaban J connectivity index is 1.64. The fourth-order valence-corrected chi connectivity index (χ4v) is 3.80. The van der Waals surface area contributed by atoms with Crippen LogP contribution in [0.4, 0.5) is 5.13 Å². The topological polar surface area (TPSA) is 103 Å². The number of anilines is 1. The quantitative estimate of drug-likeness (QED) is 0.645. The van der Waals surface area contributed by atoms with Gasteiger partial charge in [0.2, 0.25) is 5.13 Å². The molecule has 9 heteroatoms. The van der Waals surface area contributed by atoms with Gasteiger partial charge in [-0.05, 0) is 31.6 Å². The number of nitrogens with zero attached hydrogens (tertiary/aromatic N) is 3. The zero-order valence-electron chi connectivity index (χ0n) is 14.6. The molecule has 136 valence electrons. The van der Waals surface area contributed by atoms with E-state index in [1.54, 1.807) is 6.92 Å². The van der Waals surface area contributed by atoms with Crippen LogP contribution in [0.15, 0.2) is 5.10 Å². The molecule has 1 unspecified atom stereocenters. The number of ether oxygens (including phenoxy) is 2. The lowest BCUT2D eigenvalue weighted by molar-refractivity contribution is -0.241. The third-order valence-corrected chi connectivity index (χ3v) is 5.72. The van der Waals surface area contributed by atoms with E-state index in [-0.39, 0.29) is 0 Å². The summed E-state index contributed by atoms with van der Waals surface area (Å²) in [5.74, 6) is -1.45. The summed E-state index contributed by atoms with van der Waals surface area (Å²) in [6.45, 7) is 6.19. The Hall–Kier alpha value is -2.03. The number of hydrazone groups is 1. The number of hydrogen-bond donors (Lipinski definition) is 1. The molecule has 2 fully saturated rings. The summed E-state index contributed by atoms with van der Waals surface area (Å²) in [6.07, 6.45) is 3.95. The Morgan fingerprint density at radius 2 is 1.92 bits per heavy atom. The van der Waals surface area contributed by atoms with E-state index in [4.69, 9.17) is 9.47 Å².